The smallest absolute Gasteiger partial charge is 0.311 e. The molecule has 1 heterocycles. The van der Waals surface area contributed by atoms with Crippen LogP contribution >= 0.6 is 12.6 Å². The van der Waals surface area contributed by atoms with E-state index >= 15 is 0 Å². The summed E-state index contributed by atoms with van der Waals surface area (Å²) < 4.78 is 0. The summed E-state index contributed by atoms with van der Waals surface area (Å²) in [6, 6.07) is -0.505. The topological polar surface area (TPSA) is 40.6 Å². The van der Waals surface area contributed by atoms with Crippen molar-refractivity contribution in [2.45, 2.75) is 32.7 Å². The zero-order chi connectivity index (χ0) is 11.4. The monoisotopic (exact) mass is 230 g/mol. The van der Waals surface area contributed by atoms with Crippen LogP contribution in [0, 0.1) is 0 Å². The maximum absolute atomic E-state index is 11.9. The second-order valence-electron chi connectivity index (χ2n) is 3.66. The largest absolute Gasteiger partial charge is 0.327 e. The van der Waals surface area contributed by atoms with Gasteiger partial charge in [0.1, 0.15) is 6.04 Å². The lowest BCUT2D eigenvalue weighted by Crippen LogP contribution is -2.36. The number of carbonyl (C=O) groups is 2. The summed E-state index contributed by atoms with van der Waals surface area (Å²) in [5, 5.41) is 0. The Morgan fingerprint density at radius 1 is 1.20 bits per heavy atom. The molecule has 1 atom stereocenters. The molecule has 1 saturated heterocycles. The van der Waals surface area contributed by atoms with Gasteiger partial charge < -0.3 is 4.90 Å². The van der Waals surface area contributed by atoms with E-state index in [0.717, 1.165) is 12.8 Å². The molecule has 0 bridgehead atoms. The lowest BCUT2D eigenvalue weighted by molar-refractivity contribution is -0.127. The molecule has 0 spiro atoms. The van der Waals surface area contributed by atoms with Crippen molar-refractivity contribution >= 4 is 24.6 Å². The molecule has 0 aromatic carbocycles. The number of nitrogens with zero attached hydrogens (tertiary/aromatic N) is 2. The summed E-state index contributed by atoms with van der Waals surface area (Å²) in [5.74, 6) is 0.315. The van der Waals surface area contributed by atoms with Gasteiger partial charge in [-0.2, -0.15) is 12.6 Å². The van der Waals surface area contributed by atoms with Crippen molar-refractivity contribution in [2.75, 3.05) is 18.8 Å². The predicted molar refractivity (Wildman–Crippen MR) is 62.0 cm³/mol. The van der Waals surface area contributed by atoms with Gasteiger partial charge in [-0.3, -0.25) is 9.69 Å². The Labute approximate surface area is 96.0 Å². The number of rotatable bonds is 5. The van der Waals surface area contributed by atoms with E-state index in [9.17, 15) is 9.59 Å². The van der Waals surface area contributed by atoms with E-state index in [1.165, 1.54) is 4.90 Å². The first-order valence-corrected chi connectivity index (χ1v) is 6.03. The molecule has 3 amide bonds. The lowest BCUT2D eigenvalue weighted by atomic mass is 10.3. The average Bonchev–Trinajstić information content (AvgIpc) is 2.44. The van der Waals surface area contributed by atoms with Gasteiger partial charge in [0.25, 0.3) is 5.91 Å². The third-order valence-corrected chi connectivity index (χ3v) is 2.83. The van der Waals surface area contributed by atoms with E-state index in [1.54, 1.807) is 4.90 Å². The zero-order valence-corrected chi connectivity index (χ0v) is 10.2. The average molecular weight is 230 g/mol. The molecule has 1 aliphatic heterocycles. The minimum atomic E-state index is -0.354. The van der Waals surface area contributed by atoms with Crippen LogP contribution < -0.4 is 0 Å². The first kappa shape index (κ1) is 12.4. The molecule has 0 N–H and O–H groups in total. The Morgan fingerprint density at radius 3 is 2.27 bits per heavy atom. The van der Waals surface area contributed by atoms with Crippen LogP contribution in [0.2, 0.25) is 0 Å². The van der Waals surface area contributed by atoms with Gasteiger partial charge in [0.2, 0.25) is 0 Å². The number of hydrogen-bond donors (Lipinski definition) is 1. The lowest BCUT2D eigenvalue weighted by Gasteiger charge is -2.19. The van der Waals surface area contributed by atoms with Crippen LogP contribution in [-0.4, -0.2) is 46.6 Å². The van der Waals surface area contributed by atoms with Crippen molar-refractivity contribution in [3.8, 4) is 0 Å². The molecular formula is C10H18N2O2S. The van der Waals surface area contributed by atoms with Crippen LogP contribution in [-0.2, 0) is 4.79 Å². The second-order valence-corrected chi connectivity index (χ2v) is 4.03. The molecule has 5 heteroatoms. The normalized spacial score (nSPS) is 21.7. The molecule has 1 unspecified atom stereocenters. The van der Waals surface area contributed by atoms with Crippen molar-refractivity contribution in [3.63, 3.8) is 0 Å². The predicted octanol–water partition coefficient (Wildman–Crippen LogP) is 1.37. The quantitative estimate of drug-likeness (QED) is 0.572. The molecule has 1 rings (SSSR count). The van der Waals surface area contributed by atoms with Gasteiger partial charge in [0.05, 0.1) is 0 Å². The third kappa shape index (κ3) is 2.27. The number of thiol groups is 1. The zero-order valence-electron chi connectivity index (χ0n) is 9.27. The molecule has 15 heavy (non-hydrogen) atoms. The van der Waals surface area contributed by atoms with Gasteiger partial charge in [-0.25, -0.2) is 4.79 Å². The van der Waals surface area contributed by atoms with Gasteiger partial charge in [0.15, 0.2) is 0 Å². The molecule has 4 nitrogen and oxygen atoms in total. The van der Waals surface area contributed by atoms with Gasteiger partial charge in [-0.05, 0) is 12.8 Å². The van der Waals surface area contributed by atoms with Crippen molar-refractivity contribution in [3.05, 3.63) is 0 Å². The SMILES string of the molecule is CCCN1C(=O)C(CS)N(CCC)C1=O. The van der Waals surface area contributed by atoms with Crippen molar-refractivity contribution < 1.29 is 9.59 Å². The molecule has 0 aromatic rings. The summed E-state index contributed by atoms with van der Waals surface area (Å²) in [6.45, 7) is 5.10. The van der Waals surface area contributed by atoms with E-state index in [1.807, 2.05) is 13.8 Å². The van der Waals surface area contributed by atoms with Crippen LogP contribution in [0.15, 0.2) is 0 Å². The van der Waals surface area contributed by atoms with E-state index in [-0.39, 0.29) is 18.0 Å². The van der Waals surface area contributed by atoms with Crippen LogP contribution in [0.5, 0.6) is 0 Å². The summed E-state index contributed by atoms with van der Waals surface area (Å²) >= 11 is 4.14. The number of urea groups is 1. The molecule has 0 aromatic heterocycles. The molecule has 0 radical (unpaired) electrons. The second kappa shape index (κ2) is 5.39. The Bertz CT molecular complexity index is 258. The summed E-state index contributed by atoms with van der Waals surface area (Å²) in [6.07, 6.45) is 1.67. The van der Waals surface area contributed by atoms with Crippen molar-refractivity contribution in [1.82, 2.24) is 9.80 Å². The van der Waals surface area contributed by atoms with Crippen LogP contribution in [0.4, 0.5) is 4.79 Å². The maximum Gasteiger partial charge on any atom is 0.327 e. The summed E-state index contributed by atoms with van der Waals surface area (Å²) in [5.41, 5.74) is 0. The van der Waals surface area contributed by atoms with E-state index in [0.29, 0.717) is 18.8 Å². The van der Waals surface area contributed by atoms with Crippen LogP contribution in [0.1, 0.15) is 26.7 Å². The summed E-state index contributed by atoms with van der Waals surface area (Å²) in [7, 11) is 0. The van der Waals surface area contributed by atoms with Crippen molar-refractivity contribution in [2.24, 2.45) is 0 Å². The molecule has 1 aliphatic rings. The molecule has 0 aliphatic carbocycles. The fraction of sp³-hybridized carbons (Fsp3) is 0.800. The highest BCUT2D eigenvalue weighted by atomic mass is 32.1. The summed E-state index contributed by atoms with van der Waals surface area (Å²) in [4.78, 5) is 26.7. The molecule has 0 saturated carbocycles. The minimum Gasteiger partial charge on any atom is -0.311 e. The highest BCUT2D eigenvalue weighted by molar-refractivity contribution is 7.80. The highest BCUT2D eigenvalue weighted by Gasteiger charge is 2.42. The number of imide groups is 1. The molecule has 1 fully saturated rings. The minimum absolute atomic E-state index is 0.0923. The van der Waals surface area contributed by atoms with Gasteiger partial charge in [-0.1, -0.05) is 13.8 Å². The van der Waals surface area contributed by atoms with Gasteiger partial charge >= 0.3 is 6.03 Å². The fourth-order valence-corrected chi connectivity index (χ4v) is 2.15. The number of amides is 3. The Hall–Kier alpha value is -0.710. The van der Waals surface area contributed by atoms with Gasteiger partial charge in [-0.15, -0.1) is 0 Å². The Morgan fingerprint density at radius 2 is 1.80 bits per heavy atom. The Balaban J connectivity index is 2.80. The van der Waals surface area contributed by atoms with E-state index < -0.39 is 0 Å². The van der Waals surface area contributed by atoms with Crippen molar-refractivity contribution in [1.29, 1.82) is 0 Å². The molecule has 86 valence electrons. The first-order chi connectivity index (χ1) is 7.17. The molecular weight excluding hydrogens is 212 g/mol. The Kier molecular flexibility index (Phi) is 4.45. The first-order valence-electron chi connectivity index (χ1n) is 5.40. The number of hydrogen-bond acceptors (Lipinski definition) is 3. The fourth-order valence-electron chi connectivity index (χ4n) is 1.79. The third-order valence-electron chi connectivity index (χ3n) is 2.49. The van der Waals surface area contributed by atoms with E-state index in [4.69, 9.17) is 0 Å². The van der Waals surface area contributed by atoms with Crippen LogP contribution in [0.25, 0.3) is 0 Å². The van der Waals surface area contributed by atoms with Crippen LogP contribution in [0.3, 0.4) is 0 Å². The standard InChI is InChI=1S/C10H18N2O2S/c1-3-5-11-8(7-15)9(13)12(6-4-2)10(11)14/h8,15H,3-7H2,1-2H3. The van der Waals surface area contributed by atoms with E-state index in [2.05, 4.69) is 12.6 Å². The van der Waals surface area contributed by atoms with Gasteiger partial charge in [0, 0.05) is 18.8 Å². The maximum atomic E-state index is 11.9. The highest BCUT2D eigenvalue weighted by Crippen LogP contribution is 2.19. The number of carbonyl (C=O) groups excluding carboxylic acids is 2.